The van der Waals surface area contributed by atoms with Crippen LogP contribution in [0.2, 0.25) is 0 Å². The fourth-order valence-electron chi connectivity index (χ4n) is 2.15. The Morgan fingerprint density at radius 3 is 3.15 bits per heavy atom. The Hall–Kier alpha value is -1.69. The second kappa shape index (κ2) is 6.65. The van der Waals surface area contributed by atoms with E-state index in [-0.39, 0.29) is 23.4 Å². The lowest BCUT2D eigenvalue weighted by atomic mass is 10.2. The van der Waals surface area contributed by atoms with Gasteiger partial charge in [-0.1, -0.05) is 6.92 Å². The normalized spacial score (nSPS) is 18.9. The molecule has 0 bridgehead atoms. The molecule has 1 aliphatic heterocycles. The van der Waals surface area contributed by atoms with Crippen LogP contribution in [-0.2, 0) is 4.74 Å². The minimum atomic E-state index is -0.579. The summed E-state index contributed by atoms with van der Waals surface area (Å²) in [5.41, 5.74) is 0.0627. The van der Waals surface area contributed by atoms with E-state index in [4.69, 9.17) is 4.74 Å². The first-order valence-corrected chi connectivity index (χ1v) is 6.92. The number of carbonyl (C=O) groups is 1. The van der Waals surface area contributed by atoms with Crippen molar-refractivity contribution in [3.63, 3.8) is 0 Å². The van der Waals surface area contributed by atoms with Gasteiger partial charge in [0, 0.05) is 25.8 Å². The van der Waals surface area contributed by atoms with Gasteiger partial charge >= 0.3 is 0 Å². The molecular formula is C14H20FN3O2. The van der Waals surface area contributed by atoms with Crippen LogP contribution in [0.4, 0.5) is 10.2 Å². The second-order valence-electron chi connectivity index (χ2n) is 4.88. The molecule has 1 atom stereocenters. The summed E-state index contributed by atoms with van der Waals surface area (Å²) >= 11 is 0. The van der Waals surface area contributed by atoms with Gasteiger partial charge in [-0.3, -0.25) is 4.79 Å². The molecule has 110 valence electrons. The van der Waals surface area contributed by atoms with E-state index in [0.717, 1.165) is 6.42 Å². The molecule has 1 aliphatic rings. The van der Waals surface area contributed by atoms with E-state index in [1.807, 2.05) is 13.8 Å². The molecule has 20 heavy (non-hydrogen) atoms. The number of amides is 1. The van der Waals surface area contributed by atoms with E-state index in [9.17, 15) is 9.18 Å². The summed E-state index contributed by atoms with van der Waals surface area (Å²) in [6, 6.07) is 1.43. The van der Waals surface area contributed by atoms with Crippen molar-refractivity contribution in [2.45, 2.75) is 26.4 Å². The van der Waals surface area contributed by atoms with Crippen LogP contribution >= 0.6 is 0 Å². The van der Waals surface area contributed by atoms with Crippen LogP contribution in [-0.4, -0.2) is 48.1 Å². The van der Waals surface area contributed by atoms with Gasteiger partial charge in [-0.05, 0) is 19.4 Å². The Labute approximate surface area is 118 Å². The van der Waals surface area contributed by atoms with Gasteiger partial charge < -0.3 is 15.0 Å². The van der Waals surface area contributed by atoms with Crippen LogP contribution in [0, 0.1) is 5.82 Å². The maximum atomic E-state index is 14.3. The van der Waals surface area contributed by atoms with Crippen LogP contribution < -0.4 is 5.32 Å². The summed E-state index contributed by atoms with van der Waals surface area (Å²) in [4.78, 5) is 17.9. The smallest absolute Gasteiger partial charge is 0.257 e. The largest absolute Gasteiger partial charge is 0.375 e. The SMILES string of the molecule is CCCNc1nccc(C(=O)N2CCOC(C)C2)c1F. The van der Waals surface area contributed by atoms with Crippen molar-refractivity contribution in [1.29, 1.82) is 0 Å². The van der Waals surface area contributed by atoms with Crippen LogP contribution in [0.15, 0.2) is 12.3 Å². The van der Waals surface area contributed by atoms with Gasteiger partial charge in [0.05, 0.1) is 18.3 Å². The molecule has 2 rings (SSSR count). The molecule has 0 saturated carbocycles. The Morgan fingerprint density at radius 2 is 2.45 bits per heavy atom. The molecule has 2 heterocycles. The number of aromatic nitrogens is 1. The Morgan fingerprint density at radius 1 is 1.65 bits per heavy atom. The maximum Gasteiger partial charge on any atom is 0.257 e. The molecule has 0 aliphatic carbocycles. The number of rotatable bonds is 4. The summed E-state index contributed by atoms with van der Waals surface area (Å²) in [7, 11) is 0. The van der Waals surface area contributed by atoms with Crippen molar-refractivity contribution >= 4 is 11.7 Å². The minimum Gasteiger partial charge on any atom is -0.375 e. The van der Waals surface area contributed by atoms with Crippen molar-refractivity contribution in [3.8, 4) is 0 Å². The fourth-order valence-corrected chi connectivity index (χ4v) is 2.15. The summed E-state index contributed by atoms with van der Waals surface area (Å²) in [5, 5.41) is 2.89. The number of hydrogen-bond acceptors (Lipinski definition) is 4. The van der Waals surface area contributed by atoms with E-state index in [1.165, 1.54) is 12.3 Å². The molecule has 1 amide bonds. The predicted octanol–water partition coefficient (Wildman–Crippen LogP) is 1.90. The highest BCUT2D eigenvalue weighted by Gasteiger charge is 2.25. The molecule has 0 aromatic carbocycles. The fraction of sp³-hybridized carbons (Fsp3) is 0.571. The number of carbonyl (C=O) groups excluding carboxylic acids is 1. The third kappa shape index (κ3) is 3.25. The maximum absolute atomic E-state index is 14.3. The minimum absolute atomic E-state index is 0.0183. The van der Waals surface area contributed by atoms with E-state index in [0.29, 0.717) is 26.2 Å². The number of halogens is 1. The average Bonchev–Trinajstić information content (AvgIpc) is 2.45. The van der Waals surface area contributed by atoms with Crippen molar-refractivity contribution < 1.29 is 13.9 Å². The first kappa shape index (κ1) is 14.7. The van der Waals surface area contributed by atoms with E-state index in [1.54, 1.807) is 4.90 Å². The first-order chi connectivity index (χ1) is 9.63. The lowest BCUT2D eigenvalue weighted by Crippen LogP contribution is -2.44. The number of nitrogens with zero attached hydrogens (tertiary/aromatic N) is 2. The third-order valence-corrected chi connectivity index (χ3v) is 3.19. The van der Waals surface area contributed by atoms with Gasteiger partial charge in [0.25, 0.3) is 5.91 Å². The summed E-state index contributed by atoms with van der Waals surface area (Å²) in [5.74, 6) is -0.747. The number of morpholine rings is 1. The second-order valence-corrected chi connectivity index (χ2v) is 4.88. The van der Waals surface area contributed by atoms with E-state index in [2.05, 4.69) is 10.3 Å². The van der Waals surface area contributed by atoms with Gasteiger partial charge in [-0.2, -0.15) is 0 Å². The topological polar surface area (TPSA) is 54.5 Å². The average molecular weight is 281 g/mol. The highest BCUT2D eigenvalue weighted by molar-refractivity contribution is 5.95. The zero-order chi connectivity index (χ0) is 14.5. The number of nitrogens with one attached hydrogen (secondary N) is 1. The molecule has 1 aromatic heterocycles. The number of anilines is 1. The van der Waals surface area contributed by atoms with Gasteiger partial charge in [0.2, 0.25) is 0 Å². The number of ether oxygens (including phenoxy) is 1. The van der Waals surface area contributed by atoms with Gasteiger partial charge in [-0.15, -0.1) is 0 Å². The van der Waals surface area contributed by atoms with Crippen molar-refractivity contribution in [1.82, 2.24) is 9.88 Å². The summed E-state index contributed by atoms with van der Waals surface area (Å²) in [6.07, 6.45) is 2.30. The standard InChI is InChI=1S/C14H20FN3O2/c1-3-5-16-13-12(15)11(4-6-17-13)14(19)18-7-8-20-10(2)9-18/h4,6,10H,3,5,7-9H2,1-2H3,(H,16,17). The zero-order valence-corrected chi connectivity index (χ0v) is 11.9. The van der Waals surface area contributed by atoms with E-state index >= 15 is 0 Å². The molecular weight excluding hydrogens is 261 g/mol. The van der Waals surface area contributed by atoms with Crippen LogP contribution in [0.3, 0.4) is 0 Å². The van der Waals surface area contributed by atoms with Gasteiger partial charge in [-0.25, -0.2) is 9.37 Å². The van der Waals surface area contributed by atoms with Crippen molar-refractivity contribution in [3.05, 3.63) is 23.6 Å². The molecule has 1 N–H and O–H groups in total. The molecule has 1 unspecified atom stereocenters. The monoisotopic (exact) mass is 281 g/mol. The molecule has 0 radical (unpaired) electrons. The Balaban J connectivity index is 2.17. The van der Waals surface area contributed by atoms with Gasteiger partial charge in [0.15, 0.2) is 11.6 Å². The molecule has 1 fully saturated rings. The molecule has 1 aromatic rings. The molecule has 6 heteroatoms. The quantitative estimate of drug-likeness (QED) is 0.916. The number of pyridine rings is 1. The van der Waals surface area contributed by atoms with Crippen molar-refractivity contribution in [2.24, 2.45) is 0 Å². The van der Waals surface area contributed by atoms with Crippen molar-refractivity contribution in [2.75, 3.05) is 31.6 Å². The summed E-state index contributed by atoms with van der Waals surface area (Å²) < 4.78 is 19.7. The Bertz CT molecular complexity index is 481. The first-order valence-electron chi connectivity index (χ1n) is 6.92. The summed E-state index contributed by atoms with van der Waals surface area (Å²) in [6.45, 7) is 5.96. The zero-order valence-electron chi connectivity index (χ0n) is 11.9. The van der Waals surface area contributed by atoms with Crippen LogP contribution in [0.25, 0.3) is 0 Å². The van der Waals surface area contributed by atoms with E-state index < -0.39 is 5.82 Å². The van der Waals surface area contributed by atoms with Gasteiger partial charge in [0.1, 0.15) is 0 Å². The molecule has 5 nitrogen and oxygen atoms in total. The Kier molecular flexibility index (Phi) is 4.89. The number of hydrogen-bond donors (Lipinski definition) is 1. The third-order valence-electron chi connectivity index (χ3n) is 3.19. The van der Waals surface area contributed by atoms with Crippen LogP contribution in [0.1, 0.15) is 30.6 Å². The van der Waals surface area contributed by atoms with Crippen LogP contribution in [0.5, 0.6) is 0 Å². The molecule has 0 spiro atoms. The lowest BCUT2D eigenvalue weighted by Gasteiger charge is -2.31. The highest BCUT2D eigenvalue weighted by Crippen LogP contribution is 2.18. The highest BCUT2D eigenvalue weighted by atomic mass is 19.1. The molecule has 1 saturated heterocycles. The lowest BCUT2D eigenvalue weighted by molar-refractivity contribution is -0.0125. The predicted molar refractivity (Wildman–Crippen MR) is 74.3 cm³/mol.